The van der Waals surface area contributed by atoms with Crippen LogP contribution in [0, 0.1) is 0 Å². The van der Waals surface area contributed by atoms with Gasteiger partial charge in [-0.25, -0.2) is 0 Å². The smallest absolute Gasteiger partial charge is 0.248 e. The SMILES string of the molecule is C=C(/C=C\C)c1cccc(-c2nnc(-c3ccc(C(C)(C)C)cc3)o2)c1.C=CC. The normalized spacial score (nSPS) is 11.1. The highest BCUT2D eigenvalue weighted by Crippen LogP contribution is 2.28. The van der Waals surface area contributed by atoms with Gasteiger partial charge in [0.2, 0.25) is 11.8 Å². The van der Waals surface area contributed by atoms with E-state index in [1.807, 2.05) is 62.4 Å². The molecule has 0 saturated carbocycles. The molecule has 0 fully saturated rings. The van der Waals surface area contributed by atoms with Crippen LogP contribution in [0.3, 0.4) is 0 Å². The third-order valence-corrected chi connectivity index (χ3v) is 4.27. The Hall–Kier alpha value is -3.20. The zero-order valence-electron chi connectivity index (χ0n) is 18.1. The maximum atomic E-state index is 5.91. The average molecular weight is 387 g/mol. The van der Waals surface area contributed by atoms with E-state index in [2.05, 4.69) is 56.3 Å². The second kappa shape index (κ2) is 9.83. The fourth-order valence-electron chi connectivity index (χ4n) is 2.72. The first-order chi connectivity index (χ1) is 13.8. The maximum Gasteiger partial charge on any atom is 0.248 e. The number of nitrogens with zero attached hydrogens (tertiary/aromatic N) is 2. The van der Waals surface area contributed by atoms with Gasteiger partial charge in [-0.15, -0.1) is 16.8 Å². The molecule has 1 aromatic heterocycles. The first-order valence-corrected chi connectivity index (χ1v) is 9.74. The molecule has 3 rings (SSSR count). The standard InChI is InChI=1S/C23H24N2O.C3H6/c1-6-8-16(2)18-9-7-10-19(15-18)22-25-24-21(26-22)17-11-13-20(14-12-17)23(3,4)5;1-3-2/h6-15H,2H2,1,3-5H3;3H,1H2,2H3/b8-6-;. The molecule has 1 heterocycles. The van der Waals surface area contributed by atoms with E-state index in [1.54, 1.807) is 6.08 Å². The maximum absolute atomic E-state index is 5.91. The van der Waals surface area contributed by atoms with E-state index in [1.165, 1.54) is 5.56 Å². The second-order valence-electron chi connectivity index (χ2n) is 7.75. The summed E-state index contributed by atoms with van der Waals surface area (Å²) in [5, 5.41) is 8.43. The van der Waals surface area contributed by atoms with Crippen molar-refractivity contribution in [1.29, 1.82) is 0 Å². The van der Waals surface area contributed by atoms with Crippen molar-refractivity contribution in [3.8, 4) is 22.9 Å². The summed E-state index contributed by atoms with van der Waals surface area (Å²) in [5.41, 5.74) is 5.19. The van der Waals surface area contributed by atoms with Gasteiger partial charge in [-0.3, -0.25) is 0 Å². The quantitative estimate of drug-likeness (QED) is 0.344. The summed E-state index contributed by atoms with van der Waals surface area (Å²) in [4.78, 5) is 0. The van der Waals surface area contributed by atoms with Gasteiger partial charge in [-0.2, -0.15) is 0 Å². The number of allylic oxidation sites excluding steroid dienone is 4. The molecule has 3 heteroatoms. The van der Waals surface area contributed by atoms with Crippen LogP contribution in [0.15, 0.2) is 84.3 Å². The molecule has 0 spiro atoms. The number of hydrogen-bond donors (Lipinski definition) is 0. The van der Waals surface area contributed by atoms with E-state index >= 15 is 0 Å². The monoisotopic (exact) mass is 386 g/mol. The predicted octanol–water partition coefficient (Wildman–Crippen LogP) is 7.48. The van der Waals surface area contributed by atoms with Crippen LogP contribution in [-0.2, 0) is 5.41 Å². The lowest BCUT2D eigenvalue weighted by Crippen LogP contribution is -2.10. The molecule has 0 N–H and O–H groups in total. The van der Waals surface area contributed by atoms with Crippen LogP contribution in [0.4, 0.5) is 0 Å². The third-order valence-electron chi connectivity index (χ3n) is 4.27. The van der Waals surface area contributed by atoms with Crippen LogP contribution in [0.2, 0.25) is 0 Å². The number of benzene rings is 2. The first kappa shape index (κ1) is 22.1. The first-order valence-electron chi connectivity index (χ1n) is 9.74. The molecule has 150 valence electrons. The molecule has 0 aliphatic carbocycles. The highest BCUT2D eigenvalue weighted by atomic mass is 16.4. The molecule has 3 aromatic rings. The number of hydrogen-bond acceptors (Lipinski definition) is 3. The summed E-state index contributed by atoms with van der Waals surface area (Å²) in [5.74, 6) is 1.04. The molecular weight excluding hydrogens is 356 g/mol. The molecule has 0 saturated heterocycles. The highest BCUT2D eigenvalue weighted by Gasteiger charge is 2.15. The molecule has 2 aromatic carbocycles. The lowest BCUT2D eigenvalue weighted by molar-refractivity contribution is 0.582. The van der Waals surface area contributed by atoms with Gasteiger partial charge in [0.05, 0.1) is 0 Å². The largest absolute Gasteiger partial charge is 0.416 e. The Morgan fingerprint density at radius 3 is 2.07 bits per heavy atom. The molecule has 3 nitrogen and oxygen atoms in total. The van der Waals surface area contributed by atoms with Crippen molar-refractivity contribution < 1.29 is 4.42 Å². The van der Waals surface area contributed by atoms with Crippen molar-refractivity contribution in [3.63, 3.8) is 0 Å². The van der Waals surface area contributed by atoms with Crippen LogP contribution < -0.4 is 0 Å². The summed E-state index contributed by atoms with van der Waals surface area (Å²) in [6.45, 7) is 17.9. The van der Waals surface area contributed by atoms with Crippen molar-refractivity contribution >= 4 is 5.57 Å². The molecule has 29 heavy (non-hydrogen) atoms. The zero-order chi connectivity index (χ0) is 21.4. The van der Waals surface area contributed by atoms with Gasteiger partial charge in [0.25, 0.3) is 0 Å². The molecule has 0 radical (unpaired) electrons. The fourth-order valence-corrected chi connectivity index (χ4v) is 2.72. The fraction of sp³-hybridized carbons (Fsp3) is 0.231. The third kappa shape index (κ3) is 5.89. The summed E-state index contributed by atoms with van der Waals surface area (Å²) in [6.07, 6.45) is 5.70. The Morgan fingerprint density at radius 2 is 1.52 bits per heavy atom. The number of rotatable bonds is 4. The van der Waals surface area contributed by atoms with Gasteiger partial charge in [0, 0.05) is 11.1 Å². The summed E-state index contributed by atoms with van der Waals surface area (Å²) < 4.78 is 5.91. The Labute approximate surface area is 174 Å². The van der Waals surface area contributed by atoms with Crippen LogP contribution in [0.25, 0.3) is 28.5 Å². The molecule has 0 amide bonds. The lowest BCUT2D eigenvalue weighted by atomic mass is 9.87. The average Bonchev–Trinajstić information content (AvgIpc) is 3.19. The van der Waals surface area contributed by atoms with E-state index in [4.69, 9.17) is 4.42 Å². The lowest BCUT2D eigenvalue weighted by Gasteiger charge is -2.18. The van der Waals surface area contributed by atoms with E-state index in [9.17, 15) is 0 Å². The van der Waals surface area contributed by atoms with Crippen molar-refractivity contribution in [1.82, 2.24) is 10.2 Å². The minimum absolute atomic E-state index is 0.119. The molecule has 0 unspecified atom stereocenters. The van der Waals surface area contributed by atoms with E-state index in [-0.39, 0.29) is 5.41 Å². The molecule has 0 aliphatic rings. The number of aromatic nitrogens is 2. The van der Waals surface area contributed by atoms with Gasteiger partial charge in [0.1, 0.15) is 0 Å². The van der Waals surface area contributed by atoms with E-state index in [0.717, 1.165) is 22.3 Å². The minimum atomic E-state index is 0.119. The molecular formula is C26H30N2O. The highest BCUT2D eigenvalue weighted by molar-refractivity contribution is 5.74. The van der Waals surface area contributed by atoms with E-state index in [0.29, 0.717) is 11.8 Å². The van der Waals surface area contributed by atoms with Crippen LogP contribution in [-0.4, -0.2) is 10.2 Å². The van der Waals surface area contributed by atoms with Gasteiger partial charge in [0.15, 0.2) is 0 Å². The molecule has 0 bridgehead atoms. The van der Waals surface area contributed by atoms with Gasteiger partial charge < -0.3 is 4.42 Å². The minimum Gasteiger partial charge on any atom is -0.416 e. The van der Waals surface area contributed by atoms with Crippen molar-refractivity contribution in [2.75, 3.05) is 0 Å². The van der Waals surface area contributed by atoms with Crippen LogP contribution in [0.5, 0.6) is 0 Å². The second-order valence-corrected chi connectivity index (χ2v) is 7.75. The van der Waals surface area contributed by atoms with Gasteiger partial charge in [-0.1, -0.05) is 69.8 Å². The Morgan fingerprint density at radius 1 is 0.931 bits per heavy atom. The Balaban J connectivity index is 0.000000941. The molecule has 0 atom stereocenters. The van der Waals surface area contributed by atoms with Crippen LogP contribution in [0.1, 0.15) is 45.7 Å². The predicted molar refractivity (Wildman–Crippen MR) is 124 cm³/mol. The Kier molecular flexibility index (Phi) is 7.49. The van der Waals surface area contributed by atoms with Gasteiger partial charge in [-0.05, 0) is 60.2 Å². The van der Waals surface area contributed by atoms with Crippen molar-refractivity contribution in [2.24, 2.45) is 0 Å². The zero-order valence-corrected chi connectivity index (χ0v) is 18.1. The summed E-state index contributed by atoms with van der Waals surface area (Å²) >= 11 is 0. The van der Waals surface area contributed by atoms with Crippen molar-refractivity contribution in [3.05, 3.63) is 91.0 Å². The summed E-state index contributed by atoms with van der Waals surface area (Å²) in [7, 11) is 0. The summed E-state index contributed by atoms with van der Waals surface area (Å²) in [6, 6.07) is 16.3. The van der Waals surface area contributed by atoms with E-state index < -0.39 is 0 Å². The topological polar surface area (TPSA) is 38.9 Å². The Bertz CT molecular complexity index is 986. The van der Waals surface area contributed by atoms with Crippen molar-refractivity contribution in [2.45, 2.75) is 40.0 Å². The molecule has 0 aliphatic heterocycles. The van der Waals surface area contributed by atoms with Crippen LogP contribution >= 0.6 is 0 Å². The van der Waals surface area contributed by atoms with Gasteiger partial charge >= 0.3 is 0 Å².